The highest BCUT2D eigenvalue weighted by molar-refractivity contribution is 5.94. The summed E-state index contributed by atoms with van der Waals surface area (Å²) in [7, 11) is 0. The second-order valence-electron chi connectivity index (χ2n) is 6.43. The van der Waals surface area contributed by atoms with Crippen LogP contribution in [0.15, 0.2) is 48.5 Å². The van der Waals surface area contributed by atoms with Gasteiger partial charge in [-0.15, -0.1) is 0 Å². The van der Waals surface area contributed by atoms with Crippen molar-refractivity contribution in [2.75, 3.05) is 5.32 Å². The predicted octanol–water partition coefficient (Wildman–Crippen LogP) is 4.22. The minimum Gasteiger partial charge on any atom is -0.358 e. The Bertz CT molecular complexity index is 878. The van der Waals surface area contributed by atoms with Gasteiger partial charge in [-0.2, -0.15) is 0 Å². The van der Waals surface area contributed by atoms with E-state index < -0.39 is 0 Å². The molecule has 3 nitrogen and oxygen atoms in total. The number of amides is 1. The third-order valence-corrected chi connectivity index (χ3v) is 4.75. The Balaban J connectivity index is 1.56. The average Bonchev–Trinajstić information content (AvgIpc) is 2.92. The van der Waals surface area contributed by atoms with E-state index in [0.717, 1.165) is 30.5 Å². The van der Waals surface area contributed by atoms with Gasteiger partial charge in [0.15, 0.2) is 0 Å². The number of carbonyl (C=O) groups is 1. The zero-order chi connectivity index (χ0) is 15.8. The summed E-state index contributed by atoms with van der Waals surface area (Å²) in [6.07, 6.45) is 2.66. The fraction of sp³-hybridized carbons (Fsp3) is 0.250. The van der Waals surface area contributed by atoms with Crippen LogP contribution in [-0.4, -0.2) is 10.9 Å². The molecule has 3 aromatic rings. The summed E-state index contributed by atoms with van der Waals surface area (Å²) in [5.41, 5.74) is 5.84. The van der Waals surface area contributed by atoms with E-state index in [0.29, 0.717) is 0 Å². The Morgan fingerprint density at radius 3 is 2.91 bits per heavy atom. The van der Waals surface area contributed by atoms with Crippen LogP contribution in [0.4, 0.5) is 5.69 Å². The van der Waals surface area contributed by atoms with E-state index >= 15 is 0 Å². The SMILES string of the molecule is Cc1cccc(NC(=O)C2CCc3[nH]c4ccccc4c3C2)c1. The average molecular weight is 304 g/mol. The molecule has 0 saturated heterocycles. The van der Waals surface area contributed by atoms with E-state index in [1.165, 1.54) is 22.2 Å². The first kappa shape index (κ1) is 14.1. The van der Waals surface area contributed by atoms with Crippen LogP contribution in [-0.2, 0) is 17.6 Å². The maximum atomic E-state index is 12.6. The van der Waals surface area contributed by atoms with E-state index in [1.807, 2.05) is 37.3 Å². The van der Waals surface area contributed by atoms with Gasteiger partial charge in [-0.1, -0.05) is 30.3 Å². The molecule has 1 aliphatic rings. The van der Waals surface area contributed by atoms with E-state index in [2.05, 4.69) is 28.5 Å². The monoisotopic (exact) mass is 304 g/mol. The second-order valence-corrected chi connectivity index (χ2v) is 6.43. The lowest BCUT2D eigenvalue weighted by atomic mass is 9.86. The van der Waals surface area contributed by atoms with Gasteiger partial charge in [-0.05, 0) is 55.5 Å². The lowest BCUT2D eigenvalue weighted by molar-refractivity contribution is -0.120. The highest BCUT2D eigenvalue weighted by Gasteiger charge is 2.27. The van der Waals surface area contributed by atoms with Crippen molar-refractivity contribution in [2.45, 2.75) is 26.2 Å². The van der Waals surface area contributed by atoms with Gasteiger partial charge in [-0.3, -0.25) is 4.79 Å². The molecule has 2 N–H and O–H groups in total. The quantitative estimate of drug-likeness (QED) is 0.731. The summed E-state index contributed by atoms with van der Waals surface area (Å²) in [6, 6.07) is 16.3. The number of carbonyl (C=O) groups excluding carboxylic acids is 1. The minimum absolute atomic E-state index is 0.0437. The van der Waals surface area contributed by atoms with Gasteiger partial charge in [0, 0.05) is 28.2 Å². The Morgan fingerprint density at radius 2 is 2.04 bits per heavy atom. The third kappa shape index (κ3) is 2.63. The molecule has 0 bridgehead atoms. The lowest BCUT2D eigenvalue weighted by Gasteiger charge is -2.22. The lowest BCUT2D eigenvalue weighted by Crippen LogP contribution is -2.28. The van der Waals surface area contributed by atoms with Crippen LogP contribution in [0.3, 0.4) is 0 Å². The summed E-state index contributed by atoms with van der Waals surface area (Å²) < 4.78 is 0. The molecule has 1 aliphatic carbocycles. The first-order valence-electron chi connectivity index (χ1n) is 8.17. The summed E-state index contributed by atoms with van der Waals surface area (Å²) in [4.78, 5) is 16.1. The summed E-state index contributed by atoms with van der Waals surface area (Å²) >= 11 is 0. The zero-order valence-electron chi connectivity index (χ0n) is 13.2. The van der Waals surface area contributed by atoms with Gasteiger partial charge in [0.25, 0.3) is 0 Å². The number of rotatable bonds is 2. The van der Waals surface area contributed by atoms with Crippen LogP contribution in [0.25, 0.3) is 10.9 Å². The van der Waals surface area contributed by atoms with Crippen LogP contribution in [0, 0.1) is 12.8 Å². The van der Waals surface area contributed by atoms with Crippen molar-refractivity contribution in [3.63, 3.8) is 0 Å². The second kappa shape index (κ2) is 5.58. The first-order valence-corrected chi connectivity index (χ1v) is 8.17. The fourth-order valence-electron chi connectivity index (χ4n) is 3.56. The number of benzene rings is 2. The number of aromatic amines is 1. The van der Waals surface area contributed by atoms with Crippen LogP contribution in [0.1, 0.15) is 23.2 Å². The van der Waals surface area contributed by atoms with Gasteiger partial charge in [0.05, 0.1) is 0 Å². The molecule has 1 atom stereocenters. The third-order valence-electron chi connectivity index (χ3n) is 4.75. The van der Waals surface area contributed by atoms with Crippen molar-refractivity contribution in [2.24, 2.45) is 5.92 Å². The number of nitrogens with one attached hydrogen (secondary N) is 2. The zero-order valence-corrected chi connectivity index (χ0v) is 13.2. The number of aromatic nitrogens is 1. The van der Waals surface area contributed by atoms with Gasteiger partial charge < -0.3 is 10.3 Å². The van der Waals surface area contributed by atoms with Gasteiger partial charge >= 0.3 is 0 Å². The molecule has 4 rings (SSSR count). The van der Waals surface area contributed by atoms with Crippen molar-refractivity contribution in [3.05, 3.63) is 65.4 Å². The molecule has 1 aromatic heterocycles. The van der Waals surface area contributed by atoms with Gasteiger partial charge in [0.2, 0.25) is 5.91 Å². The molecular weight excluding hydrogens is 284 g/mol. The number of aryl methyl sites for hydroxylation is 2. The van der Waals surface area contributed by atoms with Crippen LogP contribution >= 0.6 is 0 Å². The largest absolute Gasteiger partial charge is 0.358 e. The predicted molar refractivity (Wildman–Crippen MR) is 93.6 cm³/mol. The Labute approximate surface area is 135 Å². The normalized spacial score (nSPS) is 17.0. The summed E-state index contributed by atoms with van der Waals surface area (Å²) in [5.74, 6) is 0.175. The molecule has 0 radical (unpaired) electrons. The topological polar surface area (TPSA) is 44.9 Å². The van der Waals surface area contributed by atoms with Crippen molar-refractivity contribution in [1.82, 2.24) is 4.98 Å². The molecule has 1 heterocycles. The van der Waals surface area contributed by atoms with Crippen LogP contribution in [0.5, 0.6) is 0 Å². The molecule has 116 valence electrons. The number of hydrogen-bond donors (Lipinski definition) is 2. The van der Waals surface area contributed by atoms with Crippen molar-refractivity contribution >= 4 is 22.5 Å². The summed E-state index contributed by atoms with van der Waals surface area (Å²) in [6.45, 7) is 2.04. The molecule has 3 heteroatoms. The number of para-hydroxylation sites is 1. The molecule has 0 aliphatic heterocycles. The van der Waals surface area contributed by atoms with Crippen molar-refractivity contribution < 1.29 is 4.79 Å². The summed E-state index contributed by atoms with van der Waals surface area (Å²) in [5, 5.41) is 4.33. The number of H-pyrrole nitrogens is 1. The van der Waals surface area contributed by atoms with Crippen LogP contribution in [0.2, 0.25) is 0 Å². The maximum absolute atomic E-state index is 12.6. The molecular formula is C20H20N2O. The Morgan fingerprint density at radius 1 is 1.17 bits per heavy atom. The highest BCUT2D eigenvalue weighted by atomic mass is 16.1. The van der Waals surface area contributed by atoms with Crippen molar-refractivity contribution in [3.8, 4) is 0 Å². The molecule has 1 unspecified atom stereocenters. The van der Waals surface area contributed by atoms with Gasteiger partial charge in [0.1, 0.15) is 0 Å². The Hall–Kier alpha value is -2.55. The minimum atomic E-state index is 0.0437. The molecule has 2 aromatic carbocycles. The van der Waals surface area contributed by atoms with Crippen molar-refractivity contribution in [1.29, 1.82) is 0 Å². The molecule has 1 amide bonds. The number of fused-ring (bicyclic) bond motifs is 3. The fourth-order valence-corrected chi connectivity index (χ4v) is 3.56. The van der Waals surface area contributed by atoms with Gasteiger partial charge in [-0.25, -0.2) is 0 Å². The van der Waals surface area contributed by atoms with Crippen LogP contribution < -0.4 is 5.32 Å². The maximum Gasteiger partial charge on any atom is 0.227 e. The Kier molecular flexibility index (Phi) is 3.41. The smallest absolute Gasteiger partial charge is 0.227 e. The molecule has 0 saturated carbocycles. The standard InChI is InChI=1S/C20H20N2O/c1-13-5-4-6-15(11-13)21-20(23)14-9-10-19-17(12-14)16-7-2-3-8-18(16)22-19/h2-8,11,14,22H,9-10,12H2,1H3,(H,21,23). The first-order chi connectivity index (χ1) is 11.2. The van der Waals surface area contributed by atoms with E-state index in [1.54, 1.807) is 0 Å². The van der Waals surface area contributed by atoms with E-state index in [4.69, 9.17) is 0 Å². The van der Waals surface area contributed by atoms with E-state index in [9.17, 15) is 4.79 Å². The number of hydrogen-bond acceptors (Lipinski definition) is 1. The molecule has 0 spiro atoms. The molecule has 0 fully saturated rings. The highest BCUT2D eigenvalue weighted by Crippen LogP contribution is 2.32. The number of anilines is 1. The van der Waals surface area contributed by atoms with E-state index in [-0.39, 0.29) is 11.8 Å². The molecule has 23 heavy (non-hydrogen) atoms.